The SMILES string of the molecule is Cc1cc(N(C)Cc2csc(Br)c2)ncn1. The van der Waals surface area contributed by atoms with Crippen molar-refractivity contribution in [2.75, 3.05) is 11.9 Å². The molecule has 0 amide bonds. The van der Waals surface area contributed by atoms with Gasteiger partial charge in [-0.05, 0) is 39.9 Å². The predicted molar refractivity (Wildman–Crippen MR) is 70.9 cm³/mol. The average molecular weight is 298 g/mol. The van der Waals surface area contributed by atoms with Crippen LogP contribution in [0.1, 0.15) is 11.3 Å². The lowest BCUT2D eigenvalue weighted by molar-refractivity contribution is 0.889. The molecular formula is C11H12BrN3S. The van der Waals surface area contributed by atoms with Gasteiger partial charge >= 0.3 is 0 Å². The molecule has 16 heavy (non-hydrogen) atoms. The minimum atomic E-state index is 0.860. The van der Waals surface area contributed by atoms with E-state index in [1.54, 1.807) is 17.7 Å². The number of rotatable bonds is 3. The first-order valence-corrected chi connectivity index (χ1v) is 6.55. The predicted octanol–water partition coefficient (Wildman–Crippen LogP) is 3.25. The first-order chi connectivity index (χ1) is 7.65. The van der Waals surface area contributed by atoms with Crippen molar-refractivity contribution in [3.8, 4) is 0 Å². The second-order valence-corrected chi connectivity index (χ2v) is 5.92. The molecule has 0 aliphatic rings. The molecule has 0 aromatic carbocycles. The monoisotopic (exact) mass is 297 g/mol. The zero-order valence-electron chi connectivity index (χ0n) is 9.14. The van der Waals surface area contributed by atoms with Gasteiger partial charge in [-0.3, -0.25) is 0 Å². The molecule has 0 aliphatic carbocycles. The lowest BCUT2D eigenvalue weighted by Crippen LogP contribution is -2.17. The van der Waals surface area contributed by atoms with Gasteiger partial charge in [-0.25, -0.2) is 9.97 Å². The Kier molecular flexibility index (Phi) is 3.56. The molecule has 2 rings (SSSR count). The second-order valence-electron chi connectivity index (χ2n) is 3.63. The Labute approximate surface area is 107 Å². The van der Waals surface area contributed by atoms with Crippen molar-refractivity contribution in [2.24, 2.45) is 0 Å². The number of hydrogen-bond acceptors (Lipinski definition) is 4. The van der Waals surface area contributed by atoms with Crippen molar-refractivity contribution in [3.63, 3.8) is 0 Å². The maximum Gasteiger partial charge on any atom is 0.132 e. The van der Waals surface area contributed by atoms with Crippen LogP contribution in [-0.4, -0.2) is 17.0 Å². The van der Waals surface area contributed by atoms with Crippen LogP contribution in [0, 0.1) is 6.92 Å². The fraction of sp³-hybridized carbons (Fsp3) is 0.273. The minimum Gasteiger partial charge on any atom is -0.355 e. The van der Waals surface area contributed by atoms with Crippen LogP contribution in [0.3, 0.4) is 0 Å². The van der Waals surface area contributed by atoms with Gasteiger partial charge in [-0.1, -0.05) is 0 Å². The zero-order chi connectivity index (χ0) is 11.5. The topological polar surface area (TPSA) is 29.0 Å². The quantitative estimate of drug-likeness (QED) is 0.871. The molecule has 0 unspecified atom stereocenters. The Morgan fingerprint density at radius 1 is 1.38 bits per heavy atom. The highest BCUT2D eigenvalue weighted by Crippen LogP contribution is 2.22. The summed E-state index contributed by atoms with van der Waals surface area (Å²) in [4.78, 5) is 10.5. The summed E-state index contributed by atoms with van der Waals surface area (Å²) in [6.45, 7) is 2.83. The van der Waals surface area contributed by atoms with E-state index in [0.29, 0.717) is 0 Å². The third-order valence-electron chi connectivity index (χ3n) is 2.22. The van der Waals surface area contributed by atoms with E-state index in [1.807, 2.05) is 20.0 Å². The highest BCUT2D eigenvalue weighted by atomic mass is 79.9. The molecule has 0 saturated carbocycles. The van der Waals surface area contributed by atoms with Crippen LogP contribution in [0.4, 0.5) is 5.82 Å². The molecule has 3 nitrogen and oxygen atoms in total. The van der Waals surface area contributed by atoms with Gasteiger partial charge in [0.05, 0.1) is 3.79 Å². The summed E-state index contributed by atoms with van der Waals surface area (Å²) in [5, 5.41) is 2.15. The van der Waals surface area contributed by atoms with Crippen molar-refractivity contribution in [1.29, 1.82) is 0 Å². The zero-order valence-corrected chi connectivity index (χ0v) is 11.5. The molecule has 0 atom stereocenters. The van der Waals surface area contributed by atoms with Crippen molar-refractivity contribution in [2.45, 2.75) is 13.5 Å². The normalized spacial score (nSPS) is 10.4. The van der Waals surface area contributed by atoms with Crippen molar-refractivity contribution >= 4 is 33.1 Å². The van der Waals surface area contributed by atoms with Crippen molar-refractivity contribution < 1.29 is 0 Å². The van der Waals surface area contributed by atoms with E-state index in [9.17, 15) is 0 Å². The number of aromatic nitrogens is 2. The standard InChI is InChI=1S/C11H12BrN3S/c1-8-3-11(14-7-13-8)15(2)5-9-4-10(12)16-6-9/h3-4,6-7H,5H2,1-2H3. The Balaban J connectivity index is 2.11. The van der Waals surface area contributed by atoms with E-state index in [0.717, 1.165) is 21.8 Å². The Morgan fingerprint density at radius 3 is 2.81 bits per heavy atom. The molecule has 0 aliphatic heterocycles. The van der Waals surface area contributed by atoms with Gasteiger partial charge in [-0.15, -0.1) is 11.3 Å². The smallest absolute Gasteiger partial charge is 0.132 e. The van der Waals surface area contributed by atoms with Gasteiger partial charge in [0.15, 0.2) is 0 Å². The molecule has 0 radical (unpaired) electrons. The van der Waals surface area contributed by atoms with E-state index in [4.69, 9.17) is 0 Å². The first-order valence-electron chi connectivity index (χ1n) is 4.88. The van der Waals surface area contributed by atoms with Crippen LogP contribution in [0.2, 0.25) is 0 Å². The average Bonchev–Trinajstić information content (AvgIpc) is 2.64. The third-order valence-corrected chi connectivity index (χ3v) is 3.78. The van der Waals surface area contributed by atoms with Crippen LogP contribution in [-0.2, 0) is 6.54 Å². The number of halogens is 1. The van der Waals surface area contributed by atoms with Gasteiger partial charge in [0, 0.05) is 25.4 Å². The maximum absolute atomic E-state index is 4.25. The van der Waals surface area contributed by atoms with Crippen LogP contribution >= 0.6 is 27.3 Å². The highest BCUT2D eigenvalue weighted by Gasteiger charge is 2.05. The van der Waals surface area contributed by atoms with Crippen LogP contribution in [0.15, 0.2) is 27.6 Å². The summed E-state index contributed by atoms with van der Waals surface area (Å²) >= 11 is 5.17. The molecule has 2 aromatic rings. The van der Waals surface area contributed by atoms with Gasteiger partial charge in [-0.2, -0.15) is 0 Å². The molecular weight excluding hydrogens is 286 g/mol. The van der Waals surface area contributed by atoms with Crippen molar-refractivity contribution in [3.05, 3.63) is 38.9 Å². The van der Waals surface area contributed by atoms with Crippen LogP contribution in [0.5, 0.6) is 0 Å². The van der Waals surface area contributed by atoms with E-state index < -0.39 is 0 Å². The van der Waals surface area contributed by atoms with Crippen LogP contribution < -0.4 is 4.90 Å². The fourth-order valence-corrected chi connectivity index (χ4v) is 2.63. The number of anilines is 1. The molecule has 84 valence electrons. The molecule has 2 aromatic heterocycles. The number of nitrogens with zero attached hydrogens (tertiary/aromatic N) is 3. The summed E-state index contributed by atoms with van der Waals surface area (Å²) in [5.41, 5.74) is 2.28. The molecule has 2 heterocycles. The van der Waals surface area contributed by atoms with E-state index in [1.165, 1.54) is 5.56 Å². The number of hydrogen-bond donors (Lipinski definition) is 0. The summed E-state index contributed by atoms with van der Waals surface area (Å²) in [6, 6.07) is 4.12. The summed E-state index contributed by atoms with van der Waals surface area (Å²) in [7, 11) is 2.04. The van der Waals surface area contributed by atoms with Gasteiger partial charge < -0.3 is 4.90 Å². The van der Waals surface area contributed by atoms with Gasteiger partial charge in [0.2, 0.25) is 0 Å². The summed E-state index contributed by atoms with van der Waals surface area (Å²) < 4.78 is 1.16. The fourth-order valence-electron chi connectivity index (χ4n) is 1.43. The lowest BCUT2D eigenvalue weighted by atomic mass is 10.3. The Morgan fingerprint density at radius 2 is 2.19 bits per heavy atom. The third kappa shape index (κ3) is 2.80. The van der Waals surface area contributed by atoms with E-state index in [-0.39, 0.29) is 0 Å². The molecule has 0 spiro atoms. The first kappa shape index (κ1) is 11.5. The lowest BCUT2D eigenvalue weighted by Gasteiger charge is -2.17. The maximum atomic E-state index is 4.25. The Hall–Kier alpha value is -0.940. The van der Waals surface area contributed by atoms with Gasteiger partial charge in [0.25, 0.3) is 0 Å². The highest BCUT2D eigenvalue weighted by molar-refractivity contribution is 9.11. The molecule has 0 bridgehead atoms. The number of aryl methyl sites for hydroxylation is 1. The molecule has 0 fully saturated rings. The van der Waals surface area contributed by atoms with E-state index >= 15 is 0 Å². The summed E-state index contributed by atoms with van der Waals surface area (Å²) in [6.07, 6.45) is 1.60. The Bertz CT molecular complexity index is 484. The van der Waals surface area contributed by atoms with E-state index in [2.05, 4.69) is 42.2 Å². The molecule has 0 saturated heterocycles. The van der Waals surface area contributed by atoms with Gasteiger partial charge in [0.1, 0.15) is 12.1 Å². The largest absolute Gasteiger partial charge is 0.355 e. The molecule has 0 N–H and O–H groups in total. The van der Waals surface area contributed by atoms with Crippen molar-refractivity contribution in [1.82, 2.24) is 9.97 Å². The summed E-state index contributed by atoms with van der Waals surface area (Å²) in [5.74, 6) is 0.954. The minimum absolute atomic E-state index is 0.860. The molecule has 5 heteroatoms. The number of thiophene rings is 1. The second kappa shape index (κ2) is 4.93. The van der Waals surface area contributed by atoms with Crippen LogP contribution in [0.25, 0.3) is 0 Å².